The number of carbonyl (C=O) groups excluding carboxylic acids is 2. The number of benzene rings is 3. The first-order valence-corrected chi connectivity index (χ1v) is 12.7. The summed E-state index contributed by atoms with van der Waals surface area (Å²) in [6.07, 6.45) is 3.99. The summed E-state index contributed by atoms with van der Waals surface area (Å²) in [7, 11) is 0. The first kappa shape index (κ1) is 24.6. The molecule has 0 spiro atoms. The summed E-state index contributed by atoms with van der Waals surface area (Å²) in [5.74, 6) is 0.440. The van der Waals surface area contributed by atoms with E-state index in [4.69, 9.17) is 4.74 Å². The monoisotopic (exact) mass is 486 g/mol. The number of amides is 2. The lowest BCUT2D eigenvalue weighted by Gasteiger charge is -2.30. The lowest BCUT2D eigenvalue weighted by Crippen LogP contribution is -2.43. The van der Waals surface area contributed by atoms with Crippen LogP contribution in [0.1, 0.15) is 43.9 Å². The molecule has 1 N–H and O–H groups in total. The number of thioether (sulfide) groups is 1. The van der Waals surface area contributed by atoms with Gasteiger partial charge in [0.15, 0.2) is 0 Å². The van der Waals surface area contributed by atoms with Crippen LogP contribution in [0.5, 0.6) is 5.75 Å². The molecule has 0 fully saturated rings. The van der Waals surface area contributed by atoms with Crippen LogP contribution >= 0.6 is 11.8 Å². The van der Waals surface area contributed by atoms with Crippen molar-refractivity contribution in [3.05, 3.63) is 94.9 Å². The summed E-state index contributed by atoms with van der Waals surface area (Å²) < 4.78 is 5.72. The van der Waals surface area contributed by atoms with E-state index in [1.165, 1.54) is 11.8 Å². The molecule has 180 valence electrons. The molecule has 0 aromatic heterocycles. The largest absolute Gasteiger partial charge is 0.494 e. The van der Waals surface area contributed by atoms with Gasteiger partial charge in [-0.3, -0.25) is 14.5 Å². The van der Waals surface area contributed by atoms with Gasteiger partial charge in [-0.1, -0.05) is 79.7 Å². The molecule has 4 rings (SSSR count). The zero-order chi connectivity index (χ0) is 24.6. The Morgan fingerprint density at radius 1 is 1.03 bits per heavy atom. The third-order valence-corrected chi connectivity index (χ3v) is 6.83. The van der Waals surface area contributed by atoms with Crippen LogP contribution in [-0.4, -0.2) is 25.0 Å². The van der Waals surface area contributed by atoms with Crippen molar-refractivity contribution in [3.8, 4) is 5.75 Å². The van der Waals surface area contributed by atoms with Crippen LogP contribution < -0.4 is 15.0 Å². The van der Waals surface area contributed by atoms with E-state index in [1.54, 1.807) is 4.90 Å². The van der Waals surface area contributed by atoms with Crippen molar-refractivity contribution >= 4 is 35.3 Å². The van der Waals surface area contributed by atoms with Gasteiger partial charge in [0.2, 0.25) is 5.91 Å². The van der Waals surface area contributed by atoms with Crippen LogP contribution in [0.3, 0.4) is 0 Å². The second-order valence-electron chi connectivity index (χ2n) is 8.44. The summed E-state index contributed by atoms with van der Waals surface area (Å²) in [6.45, 7) is 4.72. The minimum absolute atomic E-state index is 0.0505. The Hall–Kier alpha value is -3.51. The summed E-state index contributed by atoms with van der Waals surface area (Å²) >= 11 is 1.44. The maximum Gasteiger partial charge on any atom is 0.265 e. The van der Waals surface area contributed by atoms with Crippen molar-refractivity contribution in [2.24, 2.45) is 0 Å². The number of hydrogen-bond acceptors (Lipinski definition) is 4. The highest BCUT2D eigenvalue weighted by molar-refractivity contribution is 8.04. The number of nitrogens with zero attached hydrogens (tertiary/aromatic N) is 1. The maximum absolute atomic E-state index is 13.4. The van der Waals surface area contributed by atoms with Crippen LogP contribution in [0.2, 0.25) is 0 Å². The maximum atomic E-state index is 13.4. The molecule has 6 heteroatoms. The molecule has 0 aliphatic carbocycles. The highest BCUT2D eigenvalue weighted by atomic mass is 32.2. The van der Waals surface area contributed by atoms with Crippen LogP contribution in [-0.2, 0) is 9.59 Å². The molecule has 1 heterocycles. The summed E-state index contributed by atoms with van der Waals surface area (Å²) in [5, 5.41) is 3.03. The molecule has 1 aliphatic heterocycles. The van der Waals surface area contributed by atoms with E-state index in [0.29, 0.717) is 11.5 Å². The van der Waals surface area contributed by atoms with Crippen molar-refractivity contribution in [2.45, 2.75) is 37.6 Å². The fourth-order valence-corrected chi connectivity index (χ4v) is 4.88. The zero-order valence-electron chi connectivity index (χ0n) is 20.1. The molecule has 3 aromatic rings. The second-order valence-corrected chi connectivity index (χ2v) is 9.52. The van der Waals surface area contributed by atoms with Gasteiger partial charge in [0, 0.05) is 4.90 Å². The quantitative estimate of drug-likeness (QED) is 0.288. The fraction of sp³-hybridized carbons (Fsp3) is 0.241. The molecule has 1 unspecified atom stereocenters. The van der Waals surface area contributed by atoms with Crippen molar-refractivity contribution in [3.63, 3.8) is 0 Å². The lowest BCUT2D eigenvalue weighted by molar-refractivity contribution is -0.122. The van der Waals surface area contributed by atoms with E-state index < -0.39 is 0 Å². The number of unbranched alkanes of at least 4 members (excludes halogenated alkanes) is 1. The van der Waals surface area contributed by atoms with Crippen molar-refractivity contribution in [1.29, 1.82) is 0 Å². The number of para-hydroxylation sites is 1. The molecular weight excluding hydrogens is 456 g/mol. The molecule has 0 radical (unpaired) electrons. The molecule has 2 amide bonds. The molecular formula is C29H30N2O3S. The summed E-state index contributed by atoms with van der Waals surface area (Å²) in [4.78, 5) is 29.5. The Labute approximate surface area is 211 Å². The molecule has 0 saturated heterocycles. The van der Waals surface area contributed by atoms with Crippen LogP contribution in [0.25, 0.3) is 6.08 Å². The van der Waals surface area contributed by atoms with Gasteiger partial charge in [0.25, 0.3) is 5.91 Å². The average Bonchev–Trinajstić information content (AvgIpc) is 2.87. The number of fused-ring (bicyclic) bond motifs is 1. The standard InChI is InChI=1S/C29H30N2O3S/c1-3-4-18-34-24-16-14-23(15-17-24)21(2)30-28(32)20-31-25-12-8-9-13-26(25)35-27(29(31)33)19-22-10-6-5-7-11-22/h5-17,19,21H,3-4,18,20H2,1-2H3,(H,30,32)/b27-19-. The van der Waals surface area contributed by atoms with Crippen LogP contribution in [0.4, 0.5) is 5.69 Å². The third kappa shape index (κ3) is 6.34. The molecule has 0 saturated carbocycles. The lowest BCUT2D eigenvalue weighted by atomic mass is 10.1. The number of hydrogen-bond donors (Lipinski definition) is 1. The normalized spacial score (nSPS) is 15.0. The molecule has 1 aliphatic rings. The predicted octanol–water partition coefficient (Wildman–Crippen LogP) is 6.22. The van der Waals surface area contributed by atoms with Gasteiger partial charge < -0.3 is 10.1 Å². The van der Waals surface area contributed by atoms with Crippen LogP contribution in [0.15, 0.2) is 88.7 Å². The SMILES string of the molecule is CCCCOc1ccc(C(C)NC(=O)CN2C(=O)/C(=C/c3ccccc3)Sc3ccccc32)cc1. The highest BCUT2D eigenvalue weighted by Crippen LogP contribution is 2.41. The zero-order valence-corrected chi connectivity index (χ0v) is 20.9. The number of carbonyl (C=O) groups is 2. The number of anilines is 1. The molecule has 1 atom stereocenters. The van der Waals surface area contributed by atoms with Gasteiger partial charge >= 0.3 is 0 Å². The smallest absolute Gasteiger partial charge is 0.265 e. The van der Waals surface area contributed by atoms with E-state index in [-0.39, 0.29) is 24.4 Å². The van der Waals surface area contributed by atoms with E-state index in [2.05, 4.69) is 12.2 Å². The van der Waals surface area contributed by atoms with E-state index in [1.807, 2.05) is 91.9 Å². The fourth-order valence-electron chi connectivity index (χ4n) is 3.82. The van der Waals surface area contributed by atoms with Gasteiger partial charge in [0.05, 0.1) is 23.2 Å². The number of nitrogens with one attached hydrogen (secondary N) is 1. The van der Waals surface area contributed by atoms with Crippen LogP contribution in [0, 0.1) is 0 Å². The first-order valence-electron chi connectivity index (χ1n) is 11.9. The topological polar surface area (TPSA) is 58.6 Å². The van der Waals surface area contributed by atoms with Gasteiger partial charge in [0.1, 0.15) is 12.3 Å². The Morgan fingerprint density at radius 3 is 2.49 bits per heavy atom. The first-order chi connectivity index (χ1) is 17.0. The van der Waals surface area contributed by atoms with Gasteiger partial charge in [-0.15, -0.1) is 0 Å². The molecule has 35 heavy (non-hydrogen) atoms. The third-order valence-electron chi connectivity index (χ3n) is 5.76. The molecule has 0 bridgehead atoms. The van der Waals surface area contributed by atoms with Gasteiger partial charge in [-0.2, -0.15) is 0 Å². The predicted molar refractivity (Wildman–Crippen MR) is 142 cm³/mol. The van der Waals surface area contributed by atoms with Gasteiger partial charge in [-0.25, -0.2) is 0 Å². The second kappa shape index (κ2) is 11.8. The Morgan fingerprint density at radius 2 is 1.74 bits per heavy atom. The average molecular weight is 487 g/mol. The van der Waals surface area contributed by atoms with Crippen molar-refractivity contribution in [1.82, 2.24) is 5.32 Å². The minimum atomic E-state index is -0.213. The Kier molecular flexibility index (Phi) is 8.27. The summed E-state index contributed by atoms with van der Waals surface area (Å²) in [5.41, 5.74) is 2.68. The summed E-state index contributed by atoms with van der Waals surface area (Å²) in [6, 6.07) is 25.0. The molecule has 5 nitrogen and oxygen atoms in total. The molecule has 3 aromatic carbocycles. The van der Waals surface area contributed by atoms with Crippen molar-refractivity contribution in [2.75, 3.05) is 18.1 Å². The minimum Gasteiger partial charge on any atom is -0.494 e. The van der Waals surface area contributed by atoms with E-state index >= 15 is 0 Å². The van der Waals surface area contributed by atoms with Crippen molar-refractivity contribution < 1.29 is 14.3 Å². The highest BCUT2D eigenvalue weighted by Gasteiger charge is 2.30. The number of rotatable bonds is 9. The Bertz CT molecular complexity index is 1190. The number of ether oxygens (including phenoxy) is 1. The van der Waals surface area contributed by atoms with E-state index in [0.717, 1.165) is 40.3 Å². The Balaban J connectivity index is 1.45. The van der Waals surface area contributed by atoms with E-state index in [9.17, 15) is 9.59 Å². The van der Waals surface area contributed by atoms with Gasteiger partial charge in [-0.05, 0) is 54.8 Å².